The number of benzene rings is 1. The molecule has 1 aliphatic heterocycles. The molecule has 2 rings (SSSR count). The highest BCUT2D eigenvalue weighted by Gasteiger charge is 2.24. The quantitative estimate of drug-likeness (QED) is 0.672. The first-order chi connectivity index (χ1) is 9.49. The Morgan fingerprint density at radius 1 is 1.25 bits per heavy atom. The second-order valence-corrected chi connectivity index (χ2v) is 7.62. The predicted octanol–water partition coefficient (Wildman–Crippen LogP) is 5.11. The standard InChI is InChI=1S/C16H21Br2NO/c1-11(2)12-4-3-8-19(9-7-12)16(20)14-10-13(17)5-6-15(14)18/h5-6,10-12H,3-4,7-9H2,1-2H3. The third-order valence-corrected chi connectivity index (χ3v) is 5.35. The summed E-state index contributed by atoms with van der Waals surface area (Å²) in [6, 6.07) is 5.77. The minimum Gasteiger partial charge on any atom is -0.339 e. The van der Waals surface area contributed by atoms with Gasteiger partial charge in [-0.3, -0.25) is 4.79 Å². The van der Waals surface area contributed by atoms with E-state index in [-0.39, 0.29) is 5.91 Å². The molecule has 0 radical (unpaired) electrons. The maximum Gasteiger partial charge on any atom is 0.255 e. The molecule has 1 fully saturated rings. The van der Waals surface area contributed by atoms with E-state index in [1.54, 1.807) is 0 Å². The first-order valence-electron chi connectivity index (χ1n) is 7.23. The zero-order valence-corrected chi connectivity index (χ0v) is 15.2. The molecule has 0 spiro atoms. The van der Waals surface area contributed by atoms with Crippen LogP contribution in [0.25, 0.3) is 0 Å². The van der Waals surface area contributed by atoms with Crippen LogP contribution in [0.3, 0.4) is 0 Å². The molecule has 0 saturated carbocycles. The van der Waals surface area contributed by atoms with Crippen molar-refractivity contribution in [2.24, 2.45) is 11.8 Å². The molecule has 0 bridgehead atoms. The Hall–Kier alpha value is -0.350. The van der Waals surface area contributed by atoms with Crippen molar-refractivity contribution < 1.29 is 4.79 Å². The zero-order valence-electron chi connectivity index (χ0n) is 12.0. The third kappa shape index (κ3) is 3.85. The molecular weight excluding hydrogens is 382 g/mol. The first kappa shape index (κ1) is 16.0. The summed E-state index contributed by atoms with van der Waals surface area (Å²) in [5, 5.41) is 0. The van der Waals surface area contributed by atoms with Crippen LogP contribution in [0.15, 0.2) is 27.1 Å². The average Bonchev–Trinajstić information content (AvgIpc) is 2.66. The van der Waals surface area contributed by atoms with E-state index in [1.165, 1.54) is 6.42 Å². The summed E-state index contributed by atoms with van der Waals surface area (Å²) < 4.78 is 1.81. The highest BCUT2D eigenvalue weighted by Crippen LogP contribution is 2.27. The van der Waals surface area contributed by atoms with Crippen LogP contribution in [0.4, 0.5) is 0 Å². The number of hydrogen-bond donors (Lipinski definition) is 0. The molecule has 2 nitrogen and oxygen atoms in total. The van der Waals surface area contributed by atoms with Gasteiger partial charge >= 0.3 is 0 Å². The summed E-state index contributed by atoms with van der Waals surface area (Å²) in [4.78, 5) is 14.7. The number of carbonyl (C=O) groups excluding carboxylic acids is 1. The lowest BCUT2D eigenvalue weighted by molar-refractivity contribution is 0.0758. The van der Waals surface area contributed by atoms with Gasteiger partial charge in [0.25, 0.3) is 5.91 Å². The Morgan fingerprint density at radius 2 is 2.00 bits per heavy atom. The number of halogens is 2. The number of likely N-dealkylation sites (tertiary alicyclic amines) is 1. The lowest BCUT2D eigenvalue weighted by atomic mass is 9.89. The number of hydrogen-bond acceptors (Lipinski definition) is 1. The van der Waals surface area contributed by atoms with Crippen molar-refractivity contribution in [3.05, 3.63) is 32.7 Å². The molecule has 1 aromatic rings. The first-order valence-corrected chi connectivity index (χ1v) is 8.82. The summed E-state index contributed by atoms with van der Waals surface area (Å²) in [7, 11) is 0. The van der Waals surface area contributed by atoms with E-state index in [4.69, 9.17) is 0 Å². The maximum absolute atomic E-state index is 12.7. The molecule has 0 aliphatic carbocycles. The van der Waals surface area contributed by atoms with Crippen molar-refractivity contribution in [1.82, 2.24) is 4.90 Å². The number of carbonyl (C=O) groups is 1. The van der Waals surface area contributed by atoms with Crippen LogP contribution >= 0.6 is 31.9 Å². The lowest BCUT2D eigenvalue weighted by Gasteiger charge is -2.22. The topological polar surface area (TPSA) is 20.3 Å². The van der Waals surface area contributed by atoms with E-state index in [2.05, 4.69) is 45.7 Å². The molecule has 1 unspecified atom stereocenters. The molecule has 1 aromatic carbocycles. The molecule has 1 saturated heterocycles. The largest absolute Gasteiger partial charge is 0.339 e. The van der Waals surface area contributed by atoms with Gasteiger partial charge in [0.1, 0.15) is 0 Å². The van der Waals surface area contributed by atoms with Gasteiger partial charge in [-0.25, -0.2) is 0 Å². The van der Waals surface area contributed by atoms with Crippen LogP contribution in [0.2, 0.25) is 0 Å². The molecule has 4 heteroatoms. The van der Waals surface area contributed by atoms with Crippen LogP contribution in [-0.2, 0) is 0 Å². The van der Waals surface area contributed by atoms with Gasteiger partial charge in [0.15, 0.2) is 0 Å². The summed E-state index contributed by atoms with van der Waals surface area (Å²) in [5.41, 5.74) is 0.752. The van der Waals surface area contributed by atoms with Crippen molar-refractivity contribution in [3.8, 4) is 0 Å². The summed E-state index contributed by atoms with van der Waals surface area (Å²) in [5.74, 6) is 1.60. The third-order valence-electron chi connectivity index (χ3n) is 4.16. The predicted molar refractivity (Wildman–Crippen MR) is 89.9 cm³/mol. The van der Waals surface area contributed by atoms with Crippen molar-refractivity contribution in [2.75, 3.05) is 13.1 Å². The van der Waals surface area contributed by atoms with Crippen LogP contribution in [0, 0.1) is 11.8 Å². The van der Waals surface area contributed by atoms with Gasteiger partial charge in [-0.1, -0.05) is 29.8 Å². The maximum atomic E-state index is 12.7. The summed E-state index contributed by atoms with van der Waals surface area (Å²) in [6.45, 7) is 6.32. The Labute approximate surface area is 138 Å². The monoisotopic (exact) mass is 401 g/mol. The minimum absolute atomic E-state index is 0.141. The molecule has 0 N–H and O–H groups in total. The molecule has 110 valence electrons. The van der Waals surface area contributed by atoms with E-state index in [9.17, 15) is 4.79 Å². The van der Waals surface area contributed by atoms with E-state index >= 15 is 0 Å². The van der Waals surface area contributed by atoms with E-state index in [0.717, 1.165) is 46.4 Å². The highest BCUT2D eigenvalue weighted by molar-refractivity contribution is 9.11. The SMILES string of the molecule is CC(C)C1CCCN(C(=O)c2cc(Br)ccc2Br)CC1. The van der Waals surface area contributed by atoms with Gasteiger partial charge in [-0.2, -0.15) is 0 Å². The fourth-order valence-corrected chi connectivity index (χ4v) is 3.60. The summed E-state index contributed by atoms with van der Waals surface area (Å²) >= 11 is 6.93. The number of amides is 1. The Morgan fingerprint density at radius 3 is 2.70 bits per heavy atom. The van der Waals surface area contributed by atoms with Gasteiger partial charge in [0, 0.05) is 22.0 Å². The zero-order chi connectivity index (χ0) is 14.7. The van der Waals surface area contributed by atoms with Gasteiger partial charge in [0.2, 0.25) is 0 Å². The van der Waals surface area contributed by atoms with Crippen LogP contribution in [0.5, 0.6) is 0 Å². The highest BCUT2D eigenvalue weighted by atomic mass is 79.9. The normalized spacial score (nSPS) is 20.1. The van der Waals surface area contributed by atoms with E-state index in [0.29, 0.717) is 5.92 Å². The van der Waals surface area contributed by atoms with Crippen LogP contribution in [-0.4, -0.2) is 23.9 Å². The van der Waals surface area contributed by atoms with Gasteiger partial charge in [0.05, 0.1) is 5.56 Å². The van der Waals surface area contributed by atoms with E-state index in [1.807, 2.05) is 23.1 Å². The fraction of sp³-hybridized carbons (Fsp3) is 0.562. The van der Waals surface area contributed by atoms with E-state index < -0.39 is 0 Å². The molecule has 1 amide bonds. The fourth-order valence-electron chi connectivity index (χ4n) is 2.82. The van der Waals surface area contributed by atoms with Crippen molar-refractivity contribution in [2.45, 2.75) is 33.1 Å². The summed E-state index contributed by atoms with van der Waals surface area (Å²) in [6.07, 6.45) is 3.47. The number of nitrogens with zero attached hydrogens (tertiary/aromatic N) is 1. The molecule has 1 heterocycles. The number of rotatable bonds is 2. The molecule has 1 atom stereocenters. The van der Waals surface area contributed by atoms with Crippen LogP contribution in [0.1, 0.15) is 43.5 Å². The smallest absolute Gasteiger partial charge is 0.255 e. The minimum atomic E-state index is 0.141. The second kappa shape index (κ2) is 7.08. The van der Waals surface area contributed by atoms with Crippen molar-refractivity contribution >= 4 is 37.8 Å². The molecule has 20 heavy (non-hydrogen) atoms. The Bertz CT molecular complexity index is 487. The molecular formula is C16H21Br2NO. The van der Waals surface area contributed by atoms with Crippen LogP contribution < -0.4 is 0 Å². The average molecular weight is 403 g/mol. The van der Waals surface area contributed by atoms with Crippen molar-refractivity contribution in [3.63, 3.8) is 0 Å². The Balaban J connectivity index is 2.11. The van der Waals surface area contributed by atoms with Crippen molar-refractivity contribution in [1.29, 1.82) is 0 Å². The molecule has 0 aromatic heterocycles. The lowest BCUT2D eigenvalue weighted by Crippen LogP contribution is -2.32. The second-order valence-electron chi connectivity index (χ2n) is 5.85. The van der Waals surface area contributed by atoms with Gasteiger partial charge in [-0.15, -0.1) is 0 Å². The van der Waals surface area contributed by atoms with Gasteiger partial charge < -0.3 is 4.90 Å². The van der Waals surface area contributed by atoms with Gasteiger partial charge in [-0.05, 0) is 65.2 Å². The Kier molecular flexibility index (Phi) is 5.67. The molecule has 1 aliphatic rings.